The number of likely N-dealkylation sites (tertiary alicyclic amines) is 2. The molecule has 0 radical (unpaired) electrons. The molecule has 29 heavy (non-hydrogen) atoms. The second-order valence-electron chi connectivity index (χ2n) is 8.43. The topological polar surface area (TPSA) is 63.4 Å². The van der Waals surface area contributed by atoms with Crippen LogP contribution in [0.3, 0.4) is 0 Å². The summed E-state index contributed by atoms with van der Waals surface area (Å²) in [5.74, 6) is 2.41. The Labute approximate surface area is 176 Å². The third kappa shape index (κ3) is 7.06. The summed E-state index contributed by atoms with van der Waals surface area (Å²) in [5.41, 5.74) is 0.983. The predicted octanol–water partition coefficient (Wildman–Crippen LogP) is 5.29. The van der Waals surface area contributed by atoms with E-state index in [0.29, 0.717) is 5.84 Å². The van der Waals surface area contributed by atoms with Gasteiger partial charge in [0.15, 0.2) is 0 Å². The van der Waals surface area contributed by atoms with Crippen molar-refractivity contribution in [2.75, 3.05) is 32.8 Å². The molecule has 0 atom stereocenters. The van der Waals surface area contributed by atoms with Crippen molar-refractivity contribution in [2.24, 2.45) is 0 Å². The van der Waals surface area contributed by atoms with E-state index < -0.39 is 0 Å². The van der Waals surface area contributed by atoms with Crippen LogP contribution in [0, 0.1) is 10.8 Å². The molecular formula is C24H38N4O. The summed E-state index contributed by atoms with van der Waals surface area (Å²) in [5, 5.41) is 16.4. The van der Waals surface area contributed by atoms with Crippen LogP contribution in [0.1, 0.15) is 76.2 Å². The van der Waals surface area contributed by atoms with Gasteiger partial charge in [-0.15, -0.1) is 0 Å². The lowest BCUT2D eigenvalue weighted by atomic mass is 10.1. The van der Waals surface area contributed by atoms with Gasteiger partial charge in [0.1, 0.15) is 11.6 Å². The molecule has 3 rings (SSSR count). The maximum atomic E-state index is 8.30. The smallest absolute Gasteiger partial charge is 0.128 e. The molecule has 0 unspecified atom stereocenters. The van der Waals surface area contributed by atoms with E-state index in [2.05, 4.69) is 9.80 Å². The van der Waals surface area contributed by atoms with Gasteiger partial charge in [-0.1, -0.05) is 25.7 Å². The molecule has 160 valence electrons. The van der Waals surface area contributed by atoms with Crippen molar-refractivity contribution in [3.8, 4) is 5.75 Å². The van der Waals surface area contributed by atoms with Gasteiger partial charge in [-0.05, 0) is 62.8 Å². The van der Waals surface area contributed by atoms with Gasteiger partial charge in [-0.25, -0.2) is 0 Å². The van der Waals surface area contributed by atoms with Crippen LogP contribution in [0.5, 0.6) is 5.75 Å². The van der Waals surface area contributed by atoms with E-state index in [1.165, 1.54) is 51.4 Å². The van der Waals surface area contributed by atoms with Crippen LogP contribution >= 0.6 is 0 Å². The average Bonchev–Trinajstić information content (AvgIpc) is 3.46. The fraction of sp³-hybridized carbons (Fsp3) is 0.667. The Morgan fingerprint density at radius 2 is 1.28 bits per heavy atom. The molecule has 0 aromatic heterocycles. The van der Waals surface area contributed by atoms with Crippen molar-refractivity contribution in [3.05, 3.63) is 29.8 Å². The molecular weight excluding hydrogens is 360 g/mol. The third-order valence-corrected chi connectivity index (χ3v) is 6.11. The molecule has 0 amide bonds. The molecule has 2 heterocycles. The van der Waals surface area contributed by atoms with E-state index in [1.54, 1.807) is 0 Å². The fourth-order valence-electron chi connectivity index (χ4n) is 4.27. The molecule has 1 aromatic carbocycles. The minimum atomic E-state index is 0.643. The summed E-state index contributed by atoms with van der Waals surface area (Å²) >= 11 is 0. The van der Waals surface area contributed by atoms with Gasteiger partial charge in [0.2, 0.25) is 0 Å². The number of rotatable bonds is 11. The maximum Gasteiger partial charge on any atom is 0.128 e. The number of amidine groups is 2. The van der Waals surface area contributed by atoms with Crippen LogP contribution < -0.4 is 4.74 Å². The maximum absolute atomic E-state index is 8.30. The Morgan fingerprint density at radius 3 is 1.93 bits per heavy atom. The van der Waals surface area contributed by atoms with Crippen molar-refractivity contribution < 1.29 is 4.74 Å². The number of nitrogens with one attached hydrogen (secondary N) is 2. The lowest BCUT2D eigenvalue weighted by Gasteiger charge is -2.18. The van der Waals surface area contributed by atoms with Gasteiger partial charge in [-0.3, -0.25) is 10.8 Å². The number of ether oxygens (including phenoxy) is 1. The van der Waals surface area contributed by atoms with Gasteiger partial charge in [0, 0.05) is 38.2 Å². The zero-order valence-corrected chi connectivity index (χ0v) is 17.9. The summed E-state index contributed by atoms with van der Waals surface area (Å²) in [6.07, 6.45) is 13.1. The van der Waals surface area contributed by atoms with Gasteiger partial charge in [-0.2, -0.15) is 0 Å². The first-order valence-electron chi connectivity index (χ1n) is 11.6. The largest absolute Gasteiger partial charge is 0.494 e. The van der Waals surface area contributed by atoms with E-state index in [0.717, 1.165) is 69.2 Å². The van der Waals surface area contributed by atoms with Gasteiger partial charge < -0.3 is 14.5 Å². The van der Waals surface area contributed by atoms with Crippen LogP contribution in [0.4, 0.5) is 0 Å². The molecule has 1 aromatic rings. The Kier molecular flexibility index (Phi) is 8.84. The standard InChI is InChI=1S/C24H38N4O/c25-23(27-16-6-7-17-27)11-5-3-1-2-4-10-20-29-22-14-12-21(13-15-22)24(26)28-18-8-9-19-28/h12-15,25-26H,1-11,16-20H2. The Morgan fingerprint density at radius 1 is 0.724 bits per heavy atom. The van der Waals surface area contributed by atoms with Crippen molar-refractivity contribution in [1.82, 2.24) is 9.80 Å². The SMILES string of the molecule is N=C(CCCCCCCCOc1ccc(C(=N)N2CCCC2)cc1)N1CCCC1. The lowest BCUT2D eigenvalue weighted by Crippen LogP contribution is -2.27. The first kappa shape index (κ1) is 21.7. The molecule has 2 saturated heterocycles. The van der Waals surface area contributed by atoms with Crippen molar-refractivity contribution in [3.63, 3.8) is 0 Å². The Bertz CT molecular complexity index is 631. The second kappa shape index (κ2) is 11.8. The van der Waals surface area contributed by atoms with E-state index in [9.17, 15) is 0 Å². The third-order valence-electron chi connectivity index (χ3n) is 6.11. The molecule has 0 aliphatic carbocycles. The highest BCUT2D eigenvalue weighted by Gasteiger charge is 2.16. The molecule has 0 bridgehead atoms. The van der Waals surface area contributed by atoms with Crippen LogP contribution in [-0.4, -0.2) is 54.3 Å². The minimum Gasteiger partial charge on any atom is -0.494 e. The highest BCUT2D eigenvalue weighted by Crippen LogP contribution is 2.17. The normalized spacial score (nSPS) is 16.4. The van der Waals surface area contributed by atoms with E-state index in [1.807, 2.05) is 24.3 Å². The average molecular weight is 399 g/mol. The molecule has 2 N–H and O–H groups in total. The van der Waals surface area contributed by atoms with Crippen LogP contribution in [0.2, 0.25) is 0 Å². The number of benzene rings is 1. The number of unbranched alkanes of at least 4 members (excludes halogenated alkanes) is 5. The van der Waals surface area contributed by atoms with E-state index in [-0.39, 0.29) is 0 Å². The zero-order valence-electron chi connectivity index (χ0n) is 17.9. The van der Waals surface area contributed by atoms with Gasteiger partial charge in [0.05, 0.1) is 12.4 Å². The van der Waals surface area contributed by atoms with Crippen LogP contribution in [0.25, 0.3) is 0 Å². The molecule has 2 aliphatic rings. The van der Waals surface area contributed by atoms with Crippen LogP contribution in [-0.2, 0) is 0 Å². The summed E-state index contributed by atoms with van der Waals surface area (Å²) in [6, 6.07) is 8.01. The van der Waals surface area contributed by atoms with Crippen molar-refractivity contribution >= 4 is 11.7 Å². The lowest BCUT2D eigenvalue weighted by molar-refractivity contribution is 0.304. The molecule has 5 heteroatoms. The van der Waals surface area contributed by atoms with Crippen molar-refractivity contribution in [1.29, 1.82) is 10.8 Å². The summed E-state index contributed by atoms with van der Waals surface area (Å²) in [6.45, 7) is 4.99. The summed E-state index contributed by atoms with van der Waals surface area (Å²) < 4.78 is 5.86. The number of nitrogens with zero attached hydrogens (tertiary/aromatic N) is 2. The quantitative estimate of drug-likeness (QED) is 0.302. The summed E-state index contributed by atoms with van der Waals surface area (Å²) in [7, 11) is 0. The van der Waals surface area contributed by atoms with Gasteiger partial charge in [0.25, 0.3) is 0 Å². The minimum absolute atomic E-state index is 0.643. The second-order valence-corrected chi connectivity index (χ2v) is 8.43. The fourth-order valence-corrected chi connectivity index (χ4v) is 4.27. The predicted molar refractivity (Wildman–Crippen MR) is 120 cm³/mol. The van der Waals surface area contributed by atoms with Gasteiger partial charge >= 0.3 is 0 Å². The van der Waals surface area contributed by atoms with Crippen molar-refractivity contribution in [2.45, 2.75) is 70.6 Å². The Hall–Kier alpha value is -2.04. The molecule has 0 spiro atoms. The van der Waals surface area contributed by atoms with E-state index in [4.69, 9.17) is 15.6 Å². The first-order chi connectivity index (χ1) is 14.2. The monoisotopic (exact) mass is 398 g/mol. The molecule has 2 aliphatic heterocycles. The van der Waals surface area contributed by atoms with Crippen LogP contribution in [0.15, 0.2) is 24.3 Å². The summed E-state index contributed by atoms with van der Waals surface area (Å²) in [4.78, 5) is 4.41. The molecule has 0 saturated carbocycles. The Balaban J connectivity index is 1.19. The molecule has 2 fully saturated rings. The number of hydrogen-bond acceptors (Lipinski definition) is 3. The zero-order chi connectivity index (χ0) is 20.3. The van der Waals surface area contributed by atoms with E-state index >= 15 is 0 Å². The molecule has 5 nitrogen and oxygen atoms in total. The first-order valence-corrected chi connectivity index (χ1v) is 11.6. The number of hydrogen-bond donors (Lipinski definition) is 2. The highest BCUT2D eigenvalue weighted by molar-refractivity contribution is 5.96. The highest BCUT2D eigenvalue weighted by atomic mass is 16.5.